The summed E-state index contributed by atoms with van der Waals surface area (Å²) in [5, 5.41) is 20.9. The van der Waals surface area contributed by atoms with Crippen molar-refractivity contribution in [2.45, 2.75) is 13.0 Å². The summed E-state index contributed by atoms with van der Waals surface area (Å²) < 4.78 is 1.39. The third kappa shape index (κ3) is 2.55. The Morgan fingerprint density at radius 2 is 2.54 bits per heavy atom. The first-order valence-corrected chi connectivity index (χ1v) is 3.59. The molecule has 0 saturated heterocycles. The molecule has 0 aliphatic carbocycles. The molecule has 0 radical (unpaired) electrons. The van der Waals surface area contributed by atoms with E-state index in [1.54, 1.807) is 0 Å². The number of nitrogens with zero attached hydrogens (tertiary/aromatic N) is 3. The minimum atomic E-state index is -0.517. The minimum Gasteiger partial charge on any atom is -0.388 e. The maximum absolute atomic E-state index is 10.2. The lowest BCUT2D eigenvalue weighted by atomic mass is 10.4. The molecule has 1 aromatic heterocycles. The molecule has 0 aromatic carbocycles. The van der Waals surface area contributed by atoms with Crippen LogP contribution < -0.4 is 5.73 Å². The summed E-state index contributed by atoms with van der Waals surface area (Å²) in [7, 11) is 0. The van der Waals surface area contributed by atoms with Gasteiger partial charge in [-0.25, -0.2) is 0 Å². The first kappa shape index (κ1) is 9.17. The smallest absolute Gasteiger partial charge is 0.306 e. The van der Waals surface area contributed by atoms with Gasteiger partial charge in [0.2, 0.25) is 0 Å². The molecule has 0 bridgehead atoms. The molecule has 7 heteroatoms. The van der Waals surface area contributed by atoms with Gasteiger partial charge in [0.25, 0.3) is 0 Å². The van der Waals surface area contributed by atoms with E-state index in [9.17, 15) is 10.1 Å². The maximum Gasteiger partial charge on any atom is 0.306 e. The van der Waals surface area contributed by atoms with Crippen molar-refractivity contribution in [1.29, 1.82) is 5.41 Å². The number of hydrogen-bond donors (Lipinski definition) is 2. The fourth-order valence-corrected chi connectivity index (χ4v) is 0.804. The average molecular weight is 183 g/mol. The zero-order valence-electron chi connectivity index (χ0n) is 6.80. The predicted molar refractivity (Wildman–Crippen MR) is 45.4 cm³/mol. The van der Waals surface area contributed by atoms with Crippen LogP contribution in [-0.2, 0) is 6.54 Å². The van der Waals surface area contributed by atoms with Crippen molar-refractivity contribution in [2.75, 3.05) is 0 Å². The molecule has 1 aromatic rings. The van der Waals surface area contributed by atoms with E-state index in [0.717, 1.165) is 0 Å². The zero-order valence-corrected chi connectivity index (χ0v) is 6.80. The summed E-state index contributed by atoms with van der Waals surface area (Å²) in [6, 6.07) is 0. The van der Waals surface area contributed by atoms with E-state index in [4.69, 9.17) is 11.1 Å². The van der Waals surface area contributed by atoms with Gasteiger partial charge in [-0.05, 0) is 0 Å². The highest BCUT2D eigenvalue weighted by atomic mass is 16.6. The van der Waals surface area contributed by atoms with Crippen LogP contribution >= 0.6 is 0 Å². The first-order valence-electron chi connectivity index (χ1n) is 3.59. The van der Waals surface area contributed by atoms with E-state index in [0.29, 0.717) is 13.0 Å². The minimum absolute atomic E-state index is 0.0400. The number of nitro groups is 1. The van der Waals surface area contributed by atoms with Crippen LogP contribution in [0.15, 0.2) is 12.4 Å². The van der Waals surface area contributed by atoms with Gasteiger partial charge in [0.15, 0.2) is 0 Å². The van der Waals surface area contributed by atoms with Crippen LogP contribution in [0.1, 0.15) is 6.42 Å². The van der Waals surface area contributed by atoms with Gasteiger partial charge in [-0.1, -0.05) is 0 Å². The fraction of sp³-hybridized carbons (Fsp3) is 0.333. The molecule has 70 valence electrons. The van der Waals surface area contributed by atoms with E-state index in [-0.39, 0.29) is 11.5 Å². The molecule has 1 rings (SSSR count). The van der Waals surface area contributed by atoms with Gasteiger partial charge in [0.05, 0.1) is 10.8 Å². The highest BCUT2D eigenvalue weighted by Crippen LogP contribution is 2.07. The van der Waals surface area contributed by atoms with Gasteiger partial charge >= 0.3 is 5.69 Å². The Bertz CT molecular complexity index is 332. The zero-order chi connectivity index (χ0) is 9.84. The Hall–Kier alpha value is -1.92. The third-order valence-corrected chi connectivity index (χ3v) is 1.44. The first-order chi connectivity index (χ1) is 6.09. The number of hydrogen-bond acceptors (Lipinski definition) is 4. The topological polar surface area (TPSA) is 111 Å². The lowest BCUT2D eigenvalue weighted by Crippen LogP contribution is -2.13. The summed E-state index contributed by atoms with van der Waals surface area (Å²) in [4.78, 5) is 9.72. The van der Waals surface area contributed by atoms with Crippen LogP contribution in [0, 0.1) is 15.5 Å². The van der Waals surface area contributed by atoms with Gasteiger partial charge in [-0.3, -0.25) is 20.2 Å². The van der Waals surface area contributed by atoms with Crippen LogP contribution in [0.2, 0.25) is 0 Å². The number of aryl methyl sites for hydroxylation is 1. The number of rotatable bonds is 4. The maximum atomic E-state index is 10.2. The molecule has 13 heavy (non-hydrogen) atoms. The SMILES string of the molecule is N=C(N)CCn1cc([N+](=O)[O-])cn1. The van der Waals surface area contributed by atoms with Crippen molar-refractivity contribution in [2.24, 2.45) is 5.73 Å². The summed E-state index contributed by atoms with van der Waals surface area (Å²) in [6.07, 6.45) is 2.82. The van der Waals surface area contributed by atoms with Crippen molar-refractivity contribution < 1.29 is 4.92 Å². The lowest BCUT2D eigenvalue weighted by molar-refractivity contribution is -0.385. The molecule has 0 fully saturated rings. The molecule has 1 heterocycles. The second-order valence-corrected chi connectivity index (χ2v) is 2.49. The van der Waals surface area contributed by atoms with Crippen molar-refractivity contribution in [3.8, 4) is 0 Å². The van der Waals surface area contributed by atoms with Gasteiger partial charge in [0, 0.05) is 13.0 Å². The van der Waals surface area contributed by atoms with Crippen molar-refractivity contribution in [3.63, 3.8) is 0 Å². The number of nitrogens with two attached hydrogens (primary N) is 1. The average Bonchev–Trinajstić information content (AvgIpc) is 2.48. The molecule has 0 atom stereocenters. The molecule has 0 unspecified atom stereocenters. The summed E-state index contributed by atoms with van der Waals surface area (Å²) in [5.74, 6) is 0.0400. The van der Waals surface area contributed by atoms with Crippen LogP contribution in [0.3, 0.4) is 0 Å². The highest BCUT2D eigenvalue weighted by molar-refractivity contribution is 5.76. The molecule has 7 nitrogen and oxygen atoms in total. The molecular weight excluding hydrogens is 174 g/mol. The monoisotopic (exact) mass is 183 g/mol. The van der Waals surface area contributed by atoms with Crippen LogP contribution in [-0.4, -0.2) is 20.5 Å². The Morgan fingerprint density at radius 1 is 1.85 bits per heavy atom. The molecule has 0 aliphatic rings. The Kier molecular flexibility index (Phi) is 2.58. The second kappa shape index (κ2) is 3.65. The van der Waals surface area contributed by atoms with E-state index in [1.165, 1.54) is 17.1 Å². The normalized spacial score (nSPS) is 9.85. The van der Waals surface area contributed by atoms with Crippen molar-refractivity contribution in [3.05, 3.63) is 22.5 Å². The standard InChI is InChI=1S/C6H9N5O2/c7-6(8)1-2-10-4-5(3-9-10)11(12)13/h3-4H,1-2H2,(H3,7,8). The fourth-order valence-electron chi connectivity index (χ4n) is 0.804. The molecule has 0 aliphatic heterocycles. The van der Waals surface area contributed by atoms with E-state index in [1.807, 2.05) is 0 Å². The third-order valence-electron chi connectivity index (χ3n) is 1.44. The number of nitrogens with one attached hydrogen (secondary N) is 1. The van der Waals surface area contributed by atoms with E-state index < -0.39 is 4.92 Å². The van der Waals surface area contributed by atoms with E-state index >= 15 is 0 Å². The molecular formula is C6H9N5O2. The van der Waals surface area contributed by atoms with Crippen LogP contribution in [0.4, 0.5) is 5.69 Å². The molecule has 0 amide bonds. The summed E-state index contributed by atoms with van der Waals surface area (Å²) in [6.45, 7) is 0.392. The Labute approximate surface area is 73.8 Å². The lowest BCUT2D eigenvalue weighted by Gasteiger charge is -1.97. The number of aromatic nitrogens is 2. The van der Waals surface area contributed by atoms with Crippen molar-refractivity contribution in [1.82, 2.24) is 9.78 Å². The summed E-state index contributed by atoms with van der Waals surface area (Å²) in [5.41, 5.74) is 5.06. The summed E-state index contributed by atoms with van der Waals surface area (Å²) >= 11 is 0. The second-order valence-electron chi connectivity index (χ2n) is 2.49. The largest absolute Gasteiger partial charge is 0.388 e. The quantitative estimate of drug-likeness (QED) is 0.299. The number of amidine groups is 1. The molecule has 3 N–H and O–H groups in total. The van der Waals surface area contributed by atoms with Gasteiger partial charge in [-0.2, -0.15) is 5.10 Å². The molecule has 0 spiro atoms. The van der Waals surface area contributed by atoms with Gasteiger partial charge in [-0.15, -0.1) is 0 Å². The van der Waals surface area contributed by atoms with E-state index in [2.05, 4.69) is 5.10 Å². The molecule has 0 saturated carbocycles. The van der Waals surface area contributed by atoms with Gasteiger partial charge in [0.1, 0.15) is 12.4 Å². The highest BCUT2D eigenvalue weighted by Gasteiger charge is 2.07. The van der Waals surface area contributed by atoms with Gasteiger partial charge < -0.3 is 5.73 Å². The van der Waals surface area contributed by atoms with Crippen LogP contribution in [0.25, 0.3) is 0 Å². The Morgan fingerprint density at radius 3 is 3.00 bits per heavy atom. The predicted octanol–water partition coefficient (Wildman–Crippen LogP) is 0.117. The Balaban J connectivity index is 2.59. The van der Waals surface area contributed by atoms with Crippen LogP contribution in [0.5, 0.6) is 0 Å². The van der Waals surface area contributed by atoms with Crippen molar-refractivity contribution >= 4 is 11.5 Å².